The van der Waals surface area contributed by atoms with Crippen LogP contribution in [0.1, 0.15) is 16.7 Å². The number of nitriles is 2. The molecule has 0 amide bonds. The SMILES string of the molecule is [C-]#[N+]c1ccc(-c2ccc3c4ccccc4n(-c4cc([N+]#[C-])c(-c5ccccc5C(F)(F)F)cc4-n4c5ccccc5c5ccc(-c6ccc(C#N)cc6[N+]#[C-])cc54)c3c2)c(C#N)c1. The quantitative estimate of drug-likeness (QED) is 0.162. The Morgan fingerprint density at radius 3 is 1.59 bits per heavy atom. The minimum Gasteiger partial charge on any atom is -0.308 e. The van der Waals surface area contributed by atoms with Gasteiger partial charge in [0.15, 0.2) is 17.1 Å². The normalized spacial score (nSPS) is 11.3. The van der Waals surface area contributed by atoms with Crippen molar-refractivity contribution in [1.82, 2.24) is 9.13 Å². The van der Waals surface area contributed by atoms with E-state index in [0.29, 0.717) is 67.2 Å². The molecule has 0 N–H and O–H groups in total. The summed E-state index contributed by atoms with van der Waals surface area (Å²) in [5.74, 6) is 0. The lowest BCUT2D eigenvalue weighted by atomic mass is 9.96. The van der Waals surface area contributed by atoms with Crippen molar-refractivity contribution < 1.29 is 13.2 Å². The number of rotatable bonds is 5. The number of alkyl halides is 3. The van der Waals surface area contributed by atoms with Gasteiger partial charge in [-0.05, 0) is 94.0 Å². The molecule has 0 aliphatic heterocycles. The molecule has 0 radical (unpaired) electrons. The van der Waals surface area contributed by atoms with Gasteiger partial charge >= 0.3 is 6.18 Å². The monoisotopic (exact) mass is 829 g/mol. The molecule has 10 rings (SSSR count). The highest BCUT2D eigenvalue weighted by molar-refractivity contribution is 6.13. The molecule has 0 aliphatic rings. The fraction of sp³-hybridized carbons (Fsp3) is 0.0185. The molecule has 10 heteroatoms. The molecular formula is C54H26F3N7. The molecule has 2 aromatic heterocycles. The van der Waals surface area contributed by atoms with E-state index in [0.717, 1.165) is 38.6 Å². The van der Waals surface area contributed by atoms with Crippen LogP contribution < -0.4 is 0 Å². The molecule has 0 spiro atoms. The van der Waals surface area contributed by atoms with E-state index in [1.165, 1.54) is 18.2 Å². The van der Waals surface area contributed by atoms with Crippen LogP contribution >= 0.6 is 0 Å². The van der Waals surface area contributed by atoms with Crippen LogP contribution in [0.15, 0.2) is 158 Å². The summed E-state index contributed by atoms with van der Waals surface area (Å²) in [6, 6.07) is 50.0. The van der Waals surface area contributed by atoms with Gasteiger partial charge in [0.05, 0.1) is 70.9 Å². The lowest BCUT2D eigenvalue weighted by Gasteiger charge is -2.21. The Bertz CT molecular complexity index is 3850. The first-order valence-electron chi connectivity index (χ1n) is 19.8. The highest BCUT2D eigenvalue weighted by Crippen LogP contribution is 2.47. The van der Waals surface area contributed by atoms with Gasteiger partial charge in [-0.2, -0.15) is 23.7 Å². The third kappa shape index (κ3) is 6.09. The largest absolute Gasteiger partial charge is 0.416 e. The summed E-state index contributed by atoms with van der Waals surface area (Å²) in [6.07, 6.45) is -4.73. The summed E-state index contributed by atoms with van der Waals surface area (Å²) in [7, 11) is 0. The van der Waals surface area contributed by atoms with E-state index >= 15 is 0 Å². The molecule has 8 aromatic carbocycles. The predicted molar refractivity (Wildman–Crippen MR) is 245 cm³/mol. The summed E-state index contributed by atoms with van der Waals surface area (Å²) in [5, 5.41) is 23.2. The summed E-state index contributed by atoms with van der Waals surface area (Å²) in [4.78, 5) is 11.1. The second kappa shape index (κ2) is 14.9. The van der Waals surface area contributed by atoms with Crippen LogP contribution in [-0.4, -0.2) is 9.13 Å². The molecule has 0 aliphatic carbocycles. The zero-order chi connectivity index (χ0) is 44.3. The Labute approximate surface area is 364 Å². The van der Waals surface area contributed by atoms with Gasteiger partial charge in [-0.1, -0.05) is 97.1 Å². The average Bonchev–Trinajstić information content (AvgIpc) is 3.84. The third-order valence-electron chi connectivity index (χ3n) is 11.7. The minimum atomic E-state index is -4.73. The fourth-order valence-electron chi connectivity index (χ4n) is 8.88. The van der Waals surface area contributed by atoms with Crippen molar-refractivity contribution in [2.24, 2.45) is 0 Å². The Balaban J connectivity index is 1.37. The molecule has 2 heterocycles. The van der Waals surface area contributed by atoms with Crippen LogP contribution in [-0.2, 0) is 6.18 Å². The highest BCUT2D eigenvalue weighted by atomic mass is 19.4. The predicted octanol–water partition coefficient (Wildman–Crippen LogP) is 15.3. The topological polar surface area (TPSA) is 70.5 Å². The number of aromatic nitrogens is 2. The molecule has 10 aromatic rings. The Hall–Kier alpha value is -9.40. The second-order valence-electron chi connectivity index (χ2n) is 15.1. The molecule has 0 unspecified atom stereocenters. The number of benzene rings is 8. The number of fused-ring (bicyclic) bond motifs is 6. The number of halogens is 3. The molecule has 7 nitrogen and oxygen atoms in total. The number of nitrogens with zero attached hydrogens (tertiary/aromatic N) is 7. The van der Waals surface area contributed by atoms with Crippen LogP contribution in [0, 0.1) is 42.4 Å². The standard InChI is InChI=1S/C54H26F3N7/c1-60-36-19-23-37(35(25-36)31-59)33-17-21-42-41-12-6-9-15-49(41)64(50(42)26-33)53-29-47(62-3)44(39-10-4-7-13-45(39)54(55,56)57)28-52(53)63-48-14-8-5-11-40(48)43-22-18-34(27-51(43)63)38-20-16-32(30-58)24-46(38)61-2/h4-29H. The number of hydrogen-bond acceptors (Lipinski definition) is 2. The summed E-state index contributed by atoms with van der Waals surface area (Å²) < 4.78 is 48.5. The summed E-state index contributed by atoms with van der Waals surface area (Å²) in [6.45, 7) is 23.9. The maximum atomic E-state index is 14.8. The van der Waals surface area contributed by atoms with Gasteiger partial charge in [0.1, 0.15) is 0 Å². The average molecular weight is 830 g/mol. The summed E-state index contributed by atoms with van der Waals surface area (Å²) in [5.41, 5.74) is 6.83. The molecule has 0 saturated heterocycles. The van der Waals surface area contributed by atoms with Gasteiger partial charge in [-0.3, -0.25) is 0 Å². The van der Waals surface area contributed by atoms with Crippen molar-refractivity contribution in [3.05, 3.63) is 209 Å². The van der Waals surface area contributed by atoms with E-state index in [2.05, 4.69) is 26.7 Å². The van der Waals surface area contributed by atoms with Crippen molar-refractivity contribution in [1.29, 1.82) is 10.5 Å². The molecule has 0 bridgehead atoms. The Kier molecular flexibility index (Phi) is 9.06. The van der Waals surface area contributed by atoms with Crippen LogP contribution in [0.2, 0.25) is 0 Å². The van der Waals surface area contributed by atoms with E-state index in [4.69, 9.17) is 19.7 Å². The molecule has 64 heavy (non-hydrogen) atoms. The van der Waals surface area contributed by atoms with Crippen LogP contribution in [0.4, 0.5) is 30.2 Å². The molecule has 298 valence electrons. The van der Waals surface area contributed by atoms with Crippen LogP contribution in [0.3, 0.4) is 0 Å². The highest BCUT2D eigenvalue weighted by Gasteiger charge is 2.34. The smallest absolute Gasteiger partial charge is 0.308 e. The zero-order valence-electron chi connectivity index (χ0n) is 33.3. The number of para-hydroxylation sites is 2. The van der Waals surface area contributed by atoms with Crippen LogP contribution in [0.25, 0.3) is 103 Å². The molecule has 0 atom stereocenters. The Morgan fingerprint density at radius 1 is 0.453 bits per heavy atom. The second-order valence-corrected chi connectivity index (χ2v) is 15.1. The van der Waals surface area contributed by atoms with E-state index < -0.39 is 11.7 Å². The van der Waals surface area contributed by atoms with Gasteiger partial charge in [-0.15, -0.1) is 0 Å². The first-order chi connectivity index (χ1) is 31.1. The van der Waals surface area contributed by atoms with Crippen LogP contribution in [0.5, 0.6) is 0 Å². The van der Waals surface area contributed by atoms with E-state index in [9.17, 15) is 23.7 Å². The lowest BCUT2D eigenvalue weighted by molar-refractivity contribution is -0.137. The first kappa shape index (κ1) is 38.8. The van der Waals surface area contributed by atoms with Gasteiger partial charge < -0.3 is 9.13 Å². The molecular weight excluding hydrogens is 804 g/mol. The Morgan fingerprint density at radius 2 is 1.00 bits per heavy atom. The fourth-order valence-corrected chi connectivity index (χ4v) is 8.88. The van der Waals surface area contributed by atoms with Crippen molar-refractivity contribution >= 4 is 60.7 Å². The minimum absolute atomic E-state index is 0.000210. The molecule has 0 fully saturated rings. The van der Waals surface area contributed by atoms with E-state index in [1.807, 2.05) is 94.1 Å². The van der Waals surface area contributed by atoms with Crippen molar-refractivity contribution in [3.8, 4) is 56.9 Å². The van der Waals surface area contributed by atoms with Crippen molar-refractivity contribution in [3.63, 3.8) is 0 Å². The van der Waals surface area contributed by atoms with Crippen molar-refractivity contribution in [2.45, 2.75) is 6.18 Å². The van der Waals surface area contributed by atoms with Crippen molar-refractivity contribution in [2.75, 3.05) is 0 Å². The van der Waals surface area contributed by atoms with Gasteiger partial charge in [0.25, 0.3) is 0 Å². The number of hydrogen-bond donors (Lipinski definition) is 0. The van der Waals surface area contributed by atoms with E-state index in [1.54, 1.807) is 48.5 Å². The third-order valence-corrected chi connectivity index (χ3v) is 11.7. The van der Waals surface area contributed by atoms with Gasteiger partial charge in [0.2, 0.25) is 0 Å². The lowest BCUT2D eigenvalue weighted by Crippen LogP contribution is -2.08. The van der Waals surface area contributed by atoms with E-state index in [-0.39, 0.29) is 16.8 Å². The maximum absolute atomic E-state index is 14.8. The summed E-state index contributed by atoms with van der Waals surface area (Å²) >= 11 is 0. The van der Waals surface area contributed by atoms with Gasteiger partial charge in [-0.25, -0.2) is 14.5 Å². The van der Waals surface area contributed by atoms with Gasteiger partial charge in [0, 0.05) is 32.7 Å². The maximum Gasteiger partial charge on any atom is 0.416 e. The first-order valence-corrected chi connectivity index (χ1v) is 19.8. The molecule has 0 saturated carbocycles. The zero-order valence-corrected chi connectivity index (χ0v) is 33.3.